The van der Waals surface area contributed by atoms with Gasteiger partial charge in [0.05, 0.1) is 24.4 Å². The summed E-state index contributed by atoms with van der Waals surface area (Å²) in [5.41, 5.74) is 1.31. The van der Waals surface area contributed by atoms with Crippen LogP contribution in [0.15, 0.2) is 33.5 Å². The van der Waals surface area contributed by atoms with Crippen molar-refractivity contribution in [1.29, 1.82) is 0 Å². The van der Waals surface area contributed by atoms with Crippen LogP contribution in [0.25, 0.3) is 11.1 Å². The second-order valence-electron chi connectivity index (χ2n) is 7.50. The summed E-state index contributed by atoms with van der Waals surface area (Å²) in [6.07, 6.45) is -0.220. The lowest BCUT2D eigenvalue weighted by Crippen LogP contribution is -2.57. The van der Waals surface area contributed by atoms with Crippen LogP contribution >= 0.6 is 0 Å². The predicted molar refractivity (Wildman–Crippen MR) is 104 cm³/mol. The highest BCUT2D eigenvalue weighted by atomic mass is 32.2. The minimum Gasteiger partial charge on any atom is -0.408 e. The minimum absolute atomic E-state index is 0.110. The number of hydrogen-bond donors (Lipinski definition) is 0. The van der Waals surface area contributed by atoms with Gasteiger partial charge in [-0.05, 0) is 26.0 Å². The number of benzene rings is 1. The summed E-state index contributed by atoms with van der Waals surface area (Å²) < 4.78 is 41.5. The third-order valence-corrected chi connectivity index (χ3v) is 7.25. The second kappa shape index (κ2) is 7.60. The molecule has 2 aromatic rings. The minimum atomic E-state index is -3.51. The van der Waals surface area contributed by atoms with Gasteiger partial charge in [0.2, 0.25) is 0 Å². The van der Waals surface area contributed by atoms with E-state index in [4.69, 9.17) is 9.15 Å². The van der Waals surface area contributed by atoms with Crippen LogP contribution in [-0.2, 0) is 21.6 Å². The van der Waals surface area contributed by atoms with Crippen molar-refractivity contribution < 1.29 is 17.6 Å². The van der Waals surface area contributed by atoms with Gasteiger partial charge in [-0.25, -0.2) is 4.79 Å². The number of fused-ring (bicyclic) bond motifs is 1. The number of morpholine rings is 1. The first kappa shape index (κ1) is 19.6. The average Bonchev–Trinajstić information content (AvgIpc) is 2.97. The highest BCUT2D eigenvalue weighted by Gasteiger charge is 2.36. The van der Waals surface area contributed by atoms with E-state index in [1.165, 1.54) is 8.61 Å². The first-order valence-electron chi connectivity index (χ1n) is 9.56. The van der Waals surface area contributed by atoms with Crippen LogP contribution in [0.1, 0.15) is 13.8 Å². The van der Waals surface area contributed by atoms with Crippen LogP contribution < -0.4 is 5.76 Å². The zero-order valence-corrected chi connectivity index (χ0v) is 17.0. The van der Waals surface area contributed by atoms with Crippen molar-refractivity contribution in [3.8, 4) is 0 Å². The lowest BCUT2D eigenvalue weighted by atomic mass is 10.3. The van der Waals surface area contributed by atoms with E-state index in [-0.39, 0.29) is 12.2 Å². The maximum Gasteiger partial charge on any atom is 0.421 e. The van der Waals surface area contributed by atoms with E-state index in [1.807, 2.05) is 32.0 Å². The van der Waals surface area contributed by atoms with Gasteiger partial charge < -0.3 is 9.15 Å². The highest BCUT2D eigenvalue weighted by molar-refractivity contribution is 7.86. The van der Waals surface area contributed by atoms with E-state index in [0.717, 1.165) is 5.52 Å². The van der Waals surface area contributed by atoms with Crippen LogP contribution in [0, 0.1) is 0 Å². The number of aromatic nitrogens is 1. The number of ether oxygens (including phenoxy) is 1. The molecule has 2 fully saturated rings. The van der Waals surface area contributed by atoms with Gasteiger partial charge in [-0.1, -0.05) is 12.1 Å². The smallest absolute Gasteiger partial charge is 0.408 e. The highest BCUT2D eigenvalue weighted by Crippen LogP contribution is 2.19. The molecule has 2 unspecified atom stereocenters. The summed E-state index contributed by atoms with van der Waals surface area (Å²) in [5.74, 6) is -0.396. The van der Waals surface area contributed by atoms with Crippen molar-refractivity contribution >= 4 is 21.3 Å². The lowest BCUT2D eigenvalue weighted by Gasteiger charge is -2.40. The number of nitrogens with zero attached hydrogens (tertiary/aromatic N) is 4. The Morgan fingerprint density at radius 1 is 1.00 bits per heavy atom. The Morgan fingerprint density at radius 2 is 1.64 bits per heavy atom. The first-order valence-corrected chi connectivity index (χ1v) is 11.0. The molecule has 2 aliphatic heterocycles. The van der Waals surface area contributed by atoms with Crippen molar-refractivity contribution in [3.05, 3.63) is 34.8 Å². The number of piperazine rings is 1. The Bertz CT molecular complexity index is 983. The molecule has 28 heavy (non-hydrogen) atoms. The lowest BCUT2D eigenvalue weighted by molar-refractivity contribution is -0.0458. The van der Waals surface area contributed by atoms with Crippen LogP contribution in [0.5, 0.6) is 0 Å². The Balaban J connectivity index is 1.42. The van der Waals surface area contributed by atoms with Crippen molar-refractivity contribution in [2.75, 3.05) is 39.3 Å². The molecule has 154 valence electrons. The molecule has 1 aromatic carbocycles. The summed E-state index contributed by atoms with van der Waals surface area (Å²) >= 11 is 0. The second-order valence-corrected chi connectivity index (χ2v) is 9.43. The molecule has 0 bridgehead atoms. The van der Waals surface area contributed by atoms with Gasteiger partial charge in [-0.15, -0.1) is 0 Å². The third-order valence-electron chi connectivity index (χ3n) is 5.29. The van der Waals surface area contributed by atoms with E-state index < -0.39 is 16.0 Å². The number of para-hydroxylation sites is 2. The van der Waals surface area contributed by atoms with Crippen molar-refractivity contribution in [2.24, 2.45) is 0 Å². The molecule has 0 N–H and O–H groups in total. The zero-order chi connectivity index (χ0) is 19.9. The van der Waals surface area contributed by atoms with Gasteiger partial charge in [0.25, 0.3) is 10.2 Å². The Labute approximate surface area is 164 Å². The van der Waals surface area contributed by atoms with Crippen molar-refractivity contribution in [3.63, 3.8) is 0 Å². The average molecular weight is 410 g/mol. The third kappa shape index (κ3) is 3.74. The molecule has 0 aliphatic carbocycles. The van der Waals surface area contributed by atoms with Crippen molar-refractivity contribution in [1.82, 2.24) is 18.1 Å². The zero-order valence-electron chi connectivity index (χ0n) is 16.2. The first-order chi connectivity index (χ1) is 13.3. The fourth-order valence-electron chi connectivity index (χ4n) is 3.93. The standard InChI is InChI=1S/C18H26N4O5S/c1-14-11-21(12-15(2)26-14)28(24,25)20-9-7-19(8-10-20)13-22-16-5-3-4-6-17(16)27-18(22)23/h3-6,14-15H,7-13H2,1-2H3. The molecule has 0 radical (unpaired) electrons. The molecule has 10 heteroatoms. The fourth-order valence-corrected chi connectivity index (χ4v) is 5.68. The molecule has 9 nitrogen and oxygen atoms in total. The molecule has 2 atom stereocenters. The molecular weight excluding hydrogens is 384 g/mol. The quantitative estimate of drug-likeness (QED) is 0.730. The van der Waals surface area contributed by atoms with Gasteiger partial charge in [-0.2, -0.15) is 17.0 Å². The van der Waals surface area contributed by atoms with Gasteiger partial charge in [-0.3, -0.25) is 9.47 Å². The van der Waals surface area contributed by atoms with Gasteiger partial charge in [0, 0.05) is 39.3 Å². The van der Waals surface area contributed by atoms with Crippen LogP contribution in [0.2, 0.25) is 0 Å². The number of rotatable bonds is 4. The largest absolute Gasteiger partial charge is 0.421 e. The maximum atomic E-state index is 13.0. The summed E-state index contributed by atoms with van der Waals surface area (Å²) in [4.78, 5) is 14.2. The monoisotopic (exact) mass is 410 g/mol. The Kier molecular flexibility index (Phi) is 5.32. The SMILES string of the molecule is CC1CN(S(=O)(=O)N2CCN(Cn3c(=O)oc4ccccc43)CC2)CC(C)O1. The Hall–Kier alpha value is -1.72. The van der Waals surface area contributed by atoms with E-state index in [1.54, 1.807) is 10.6 Å². The molecule has 0 saturated carbocycles. The molecule has 2 aliphatic rings. The Morgan fingerprint density at radius 3 is 2.32 bits per heavy atom. The molecule has 0 spiro atoms. The van der Waals surface area contributed by atoms with E-state index in [0.29, 0.717) is 51.5 Å². The molecular formula is C18H26N4O5S. The van der Waals surface area contributed by atoms with Crippen LogP contribution in [0.4, 0.5) is 0 Å². The molecule has 0 amide bonds. The summed E-state index contributed by atoms with van der Waals surface area (Å²) in [5, 5.41) is 0. The summed E-state index contributed by atoms with van der Waals surface area (Å²) in [6.45, 7) is 6.83. The maximum absolute atomic E-state index is 13.0. The number of hydrogen-bond acceptors (Lipinski definition) is 6. The van der Waals surface area contributed by atoms with E-state index in [9.17, 15) is 13.2 Å². The van der Waals surface area contributed by atoms with E-state index in [2.05, 4.69) is 4.90 Å². The van der Waals surface area contributed by atoms with Crippen LogP contribution in [0.3, 0.4) is 0 Å². The molecule has 3 heterocycles. The van der Waals surface area contributed by atoms with Gasteiger partial charge in [0.1, 0.15) is 0 Å². The topological polar surface area (TPSA) is 88.2 Å². The van der Waals surface area contributed by atoms with E-state index >= 15 is 0 Å². The molecule has 2 saturated heterocycles. The van der Waals surface area contributed by atoms with Crippen LogP contribution in [-0.4, -0.2) is 78.0 Å². The molecule has 1 aromatic heterocycles. The number of oxazole rings is 1. The normalized spacial score (nSPS) is 26.1. The summed E-state index contributed by atoms with van der Waals surface area (Å²) in [6, 6.07) is 7.30. The molecule has 4 rings (SSSR count). The van der Waals surface area contributed by atoms with Crippen molar-refractivity contribution in [2.45, 2.75) is 32.7 Å². The predicted octanol–water partition coefficient (Wildman–Crippen LogP) is 0.524. The van der Waals surface area contributed by atoms with Gasteiger partial charge in [0.15, 0.2) is 5.58 Å². The summed E-state index contributed by atoms with van der Waals surface area (Å²) in [7, 11) is -3.51. The fraction of sp³-hybridized carbons (Fsp3) is 0.611. The van der Waals surface area contributed by atoms with Gasteiger partial charge >= 0.3 is 5.76 Å².